The van der Waals surface area contributed by atoms with Crippen molar-refractivity contribution in [2.45, 2.75) is 11.1 Å². The van der Waals surface area contributed by atoms with Crippen LogP contribution < -0.4 is 15.4 Å². The van der Waals surface area contributed by atoms with Crippen LogP contribution in [0.4, 0.5) is 35.0 Å². The lowest BCUT2D eigenvalue weighted by atomic mass is 10.2. The molecule has 0 unspecified atom stereocenters. The second kappa shape index (κ2) is 8.86. The molecule has 0 aliphatic rings. The third kappa shape index (κ3) is 6.12. The van der Waals surface area contributed by atoms with Gasteiger partial charge in [0.2, 0.25) is 0 Å². The lowest BCUT2D eigenvalue weighted by Crippen LogP contribution is -2.20. The Balaban J connectivity index is 1.68. The van der Waals surface area contributed by atoms with Gasteiger partial charge in [0.05, 0.1) is 10.5 Å². The second-order valence-electron chi connectivity index (χ2n) is 6.29. The van der Waals surface area contributed by atoms with E-state index in [0.717, 1.165) is 24.3 Å². The molecule has 3 rings (SSSR count). The van der Waals surface area contributed by atoms with Gasteiger partial charge in [-0.25, -0.2) is 13.2 Å². The van der Waals surface area contributed by atoms with E-state index >= 15 is 0 Å². The van der Waals surface area contributed by atoms with Gasteiger partial charge >= 0.3 is 12.2 Å². The molecule has 0 aliphatic carbocycles. The van der Waals surface area contributed by atoms with E-state index in [4.69, 9.17) is 11.6 Å². The van der Waals surface area contributed by atoms with Crippen molar-refractivity contribution in [3.05, 3.63) is 83.4 Å². The summed E-state index contributed by atoms with van der Waals surface area (Å²) in [5.74, 6) is 0. The first-order valence-corrected chi connectivity index (χ1v) is 10.5. The smallest absolute Gasteiger partial charge is 0.308 e. The van der Waals surface area contributed by atoms with Gasteiger partial charge in [0.25, 0.3) is 10.0 Å². The standard InChI is InChI=1S/C20H15ClF3N3O3S/c21-14-6-10-16(11-7-14)27-31(29,30)18-3-1-2-17(12-18)26-19(28)25-15-8-4-13(5-9-15)20(22,23)24/h1-12,27H,(H2,25,26,28). The number of hydrogen-bond donors (Lipinski definition) is 3. The van der Waals surface area contributed by atoms with Crippen LogP contribution >= 0.6 is 11.6 Å². The van der Waals surface area contributed by atoms with Crippen LogP contribution in [0.2, 0.25) is 5.02 Å². The van der Waals surface area contributed by atoms with Gasteiger partial charge in [0.15, 0.2) is 0 Å². The summed E-state index contributed by atoms with van der Waals surface area (Å²) < 4.78 is 65.3. The molecule has 0 spiro atoms. The Bertz CT molecular complexity index is 1180. The lowest BCUT2D eigenvalue weighted by molar-refractivity contribution is -0.137. The molecule has 0 heterocycles. The predicted molar refractivity (Wildman–Crippen MR) is 113 cm³/mol. The Labute approximate surface area is 181 Å². The Kier molecular flexibility index (Phi) is 6.42. The van der Waals surface area contributed by atoms with Crippen molar-refractivity contribution in [3.8, 4) is 0 Å². The van der Waals surface area contributed by atoms with Gasteiger partial charge in [-0.3, -0.25) is 4.72 Å². The Morgan fingerprint density at radius 2 is 1.39 bits per heavy atom. The SMILES string of the molecule is O=C(Nc1ccc(C(F)(F)F)cc1)Nc1cccc(S(=O)(=O)Nc2ccc(Cl)cc2)c1. The normalized spacial score (nSPS) is 11.6. The third-order valence-corrected chi connectivity index (χ3v) is 5.60. The molecule has 0 aromatic heterocycles. The van der Waals surface area contributed by atoms with Crippen LogP contribution in [0.5, 0.6) is 0 Å². The number of carbonyl (C=O) groups is 1. The molecule has 11 heteroatoms. The number of alkyl halides is 3. The van der Waals surface area contributed by atoms with Crippen molar-refractivity contribution in [2.75, 3.05) is 15.4 Å². The monoisotopic (exact) mass is 469 g/mol. The van der Waals surface area contributed by atoms with Crippen LogP contribution in [-0.2, 0) is 16.2 Å². The molecule has 31 heavy (non-hydrogen) atoms. The van der Waals surface area contributed by atoms with Crippen LogP contribution in [0.15, 0.2) is 77.7 Å². The molecule has 3 N–H and O–H groups in total. The van der Waals surface area contributed by atoms with Crippen molar-refractivity contribution in [3.63, 3.8) is 0 Å². The lowest BCUT2D eigenvalue weighted by Gasteiger charge is -2.12. The number of sulfonamides is 1. The van der Waals surface area contributed by atoms with E-state index in [1.54, 1.807) is 0 Å². The first-order valence-electron chi connectivity index (χ1n) is 8.67. The molecule has 3 aromatic rings. The molecule has 6 nitrogen and oxygen atoms in total. The van der Waals surface area contributed by atoms with Crippen LogP contribution in [0, 0.1) is 0 Å². The highest BCUT2D eigenvalue weighted by Crippen LogP contribution is 2.30. The van der Waals surface area contributed by atoms with E-state index in [-0.39, 0.29) is 16.3 Å². The molecule has 0 bridgehead atoms. The van der Waals surface area contributed by atoms with E-state index in [9.17, 15) is 26.4 Å². The number of nitrogens with one attached hydrogen (secondary N) is 3. The average molecular weight is 470 g/mol. The number of halogens is 4. The summed E-state index contributed by atoms with van der Waals surface area (Å²) in [7, 11) is -3.93. The fourth-order valence-electron chi connectivity index (χ4n) is 2.51. The van der Waals surface area contributed by atoms with Crippen LogP contribution in [0.3, 0.4) is 0 Å². The van der Waals surface area contributed by atoms with Crippen molar-refractivity contribution in [2.24, 2.45) is 0 Å². The van der Waals surface area contributed by atoms with E-state index < -0.39 is 27.8 Å². The zero-order chi connectivity index (χ0) is 22.6. The van der Waals surface area contributed by atoms with E-state index in [2.05, 4.69) is 15.4 Å². The minimum absolute atomic E-state index is 0.102. The van der Waals surface area contributed by atoms with Crippen LogP contribution in [0.1, 0.15) is 5.56 Å². The first-order chi connectivity index (χ1) is 14.5. The molecule has 0 saturated carbocycles. The van der Waals surface area contributed by atoms with E-state index in [0.29, 0.717) is 10.7 Å². The minimum Gasteiger partial charge on any atom is -0.308 e. The molecule has 0 radical (unpaired) electrons. The first kappa shape index (κ1) is 22.4. The molecule has 2 amide bonds. The summed E-state index contributed by atoms with van der Waals surface area (Å²) in [6, 6.07) is 14.7. The highest BCUT2D eigenvalue weighted by molar-refractivity contribution is 7.92. The summed E-state index contributed by atoms with van der Waals surface area (Å²) in [6.45, 7) is 0. The molecular weight excluding hydrogens is 455 g/mol. The number of anilines is 3. The molecular formula is C20H15ClF3N3O3S. The number of carbonyl (C=O) groups excluding carboxylic acids is 1. The fraction of sp³-hybridized carbons (Fsp3) is 0.0500. The van der Waals surface area contributed by atoms with Gasteiger partial charge < -0.3 is 10.6 Å². The molecule has 3 aromatic carbocycles. The zero-order valence-electron chi connectivity index (χ0n) is 15.6. The van der Waals surface area contributed by atoms with Gasteiger partial charge in [-0.2, -0.15) is 13.2 Å². The average Bonchev–Trinajstić information content (AvgIpc) is 2.69. The number of hydrogen-bond acceptors (Lipinski definition) is 3. The molecule has 0 atom stereocenters. The molecule has 0 fully saturated rings. The van der Waals surface area contributed by atoms with Crippen molar-refractivity contribution in [1.29, 1.82) is 0 Å². The second-order valence-corrected chi connectivity index (χ2v) is 8.41. The van der Waals surface area contributed by atoms with Gasteiger partial charge in [-0.15, -0.1) is 0 Å². The van der Waals surface area contributed by atoms with Gasteiger partial charge in [-0.1, -0.05) is 17.7 Å². The quantitative estimate of drug-likeness (QED) is 0.441. The van der Waals surface area contributed by atoms with Crippen molar-refractivity contribution in [1.82, 2.24) is 0 Å². The summed E-state index contributed by atoms with van der Waals surface area (Å²) in [5, 5.41) is 5.27. The van der Waals surface area contributed by atoms with Gasteiger partial charge in [0.1, 0.15) is 0 Å². The van der Waals surface area contributed by atoms with Crippen LogP contribution in [0.25, 0.3) is 0 Å². The number of urea groups is 1. The third-order valence-electron chi connectivity index (χ3n) is 3.97. The van der Waals surface area contributed by atoms with Gasteiger partial charge in [0, 0.05) is 22.1 Å². The maximum absolute atomic E-state index is 12.6. The van der Waals surface area contributed by atoms with Gasteiger partial charge in [-0.05, 0) is 66.7 Å². The van der Waals surface area contributed by atoms with Crippen molar-refractivity contribution < 1.29 is 26.4 Å². The fourth-order valence-corrected chi connectivity index (χ4v) is 3.74. The predicted octanol–water partition coefficient (Wildman–Crippen LogP) is 5.80. The summed E-state index contributed by atoms with van der Waals surface area (Å²) in [4.78, 5) is 12.0. The van der Waals surface area contributed by atoms with Crippen LogP contribution in [-0.4, -0.2) is 14.4 Å². The van der Waals surface area contributed by atoms with E-state index in [1.807, 2.05) is 0 Å². The van der Waals surface area contributed by atoms with Crippen molar-refractivity contribution >= 4 is 44.7 Å². The summed E-state index contributed by atoms with van der Waals surface area (Å²) in [5.41, 5.74) is -0.227. The topological polar surface area (TPSA) is 87.3 Å². The summed E-state index contributed by atoms with van der Waals surface area (Å²) >= 11 is 5.78. The number of rotatable bonds is 5. The summed E-state index contributed by atoms with van der Waals surface area (Å²) in [6.07, 6.45) is -4.48. The largest absolute Gasteiger partial charge is 0.416 e. The van der Waals surface area contributed by atoms with E-state index in [1.165, 1.54) is 48.5 Å². The number of benzene rings is 3. The zero-order valence-corrected chi connectivity index (χ0v) is 17.1. The molecule has 0 saturated heterocycles. The maximum atomic E-state index is 12.6. The highest BCUT2D eigenvalue weighted by atomic mass is 35.5. The minimum atomic E-state index is -4.48. The Hall–Kier alpha value is -3.24. The highest BCUT2D eigenvalue weighted by Gasteiger charge is 2.30. The molecule has 162 valence electrons. The Morgan fingerprint density at radius 1 is 0.806 bits per heavy atom. The Morgan fingerprint density at radius 3 is 2.00 bits per heavy atom. The number of amides is 2. The molecule has 0 aliphatic heterocycles. The maximum Gasteiger partial charge on any atom is 0.416 e.